The first-order chi connectivity index (χ1) is 14.6. The van der Waals surface area contributed by atoms with E-state index in [0.717, 1.165) is 12.0 Å². The van der Waals surface area contributed by atoms with Gasteiger partial charge in [-0.2, -0.15) is 0 Å². The van der Waals surface area contributed by atoms with E-state index in [4.69, 9.17) is 4.74 Å². The third-order valence-electron chi connectivity index (χ3n) is 7.03. The maximum Gasteiger partial charge on any atom is 0.410 e. The van der Waals surface area contributed by atoms with E-state index >= 15 is 0 Å². The fraction of sp³-hybridized carbons (Fsp3) is 0.360. The first kappa shape index (κ1) is 18.9. The van der Waals surface area contributed by atoms with Gasteiger partial charge >= 0.3 is 12.1 Å². The molecular formula is C25H25NO4. The Morgan fingerprint density at radius 3 is 2.17 bits per heavy atom. The van der Waals surface area contributed by atoms with Gasteiger partial charge in [0.05, 0.1) is 5.41 Å². The van der Waals surface area contributed by atoms with Crippen LogP contribution < -0.4 is 0 Å². The third-order valence-corrected chi connectivity index (χ3v) is 7.03. The number of ether oxygens (including phenoxy) is 1. The van der Waals surface area contributed by atoms with Gasteiger partial charge in [0.1, 0.15) is 6.61 Å². The summed E-state index contributed by atoms with van der Waals surface area (Å²) in [4.78, 5) is 26.1. The minimum absolute atomic E-state index is 0.0440. The number of carbonyl (C=O) groups is 2. The van der Waals surface area contributed by atoms with Crippen LogP contribution in [0.4, 0.5) is 4.79 Å². The van der Waals surface area contributed by atoms with Crippen LogP contribution in [0.25, 0.3) is 11.1 Å². The molecule has 30 heavy (non-hydrogen) atoms. The maximum absolute atomic E-state index is 12.7. The SMILES string of the molecule is O=C(OCC1c2ccccc2-c2ccccc21)N1CC=C(C2(C(=O)O)CCC2)CC1. The zero-order valence-corrected chi connectivity index (χ0v) is 16.8. The Hall–Kier alpha value is -3.08. The van der Waals surface area contributed by atoms with Gasteiger partial charge in [-0.25, -0.2) is 4.79 Å². The fourth-order valence-electron chi connectivity index (χ4n) is 5.16. The molecule has 1 amide bonds. The predicted octanol–water partition coefficient (Wildman–Crippen LogP) is 4.82. The Morgan fingerprint density at radius 1 is 1.03 bits per heavy atom. The minimum atomic E-state index is -0.727. The van der Waals surface area contributed by atoms with E-state index in [1.807, 2.05) is 30.3 Å². The fourth-order valence-corrected chi connectivity index (χ4v) is 5.16. The minimum Gasteiger partial charge on any atom is -0.481 e. The van der Waals surface area contributed by atoms with Gasteiger partial charge in [0, 0.05) is 19.0 Å². The molecule has 5 heteroatoms. The molecule has 154 valence electrons. The van der Waals surface area contributed by atoms with Gasteiger partial charge < -0.3 is 14.7 Å². The molecule has 0 aromatic heterocycles. The monoisotopic (exact) mass is 403 g/mol. The summed E-state index contributed by atoms with van der Waals surface area (Å²) in [7, 11) is 0. The normalized spacial score (nSPS) is 19.3. The van der Waals surface area contributed by atoms with Gasteiger partial charge in [0.15, 0.2) is 0 Å². The number of hydrogen-bond acceptors (Lipinski definition) is 3. The van der Waals surface area contributed by atoms with Crippen molar-refractivity contribution in [3.8, 4) is 11.1 Å². The van der Waals surface area contributed by atoms with Crippen LogP contribution in [-0.4, -0.2) is 41.8 Å². The van der Waals surface area contributed by atoms with Crippen molar-refractivity contribution in [3.63, 3.8) is 0 Å². The average molecular weight is 403 g/mol. The zero-order valence-electron chi connectivity index (χ0n) is 16.8. The van der Waals surface area contributed by atoms with Crippen LogP contribution in [0.1, 0.15) is 42.7 Å². The van der Waals surface area contributed by atoms with Crippen molar-refractivity contribution in [2.75, 3.05) is 19.7 Å². The van der Waals surface area contributed by atoms with E-state index in [1.54, 1.807) is 4.90 Å². The molecule has 2 aliphatic carbocycles. The molecule has 0 atom stereocenters. The van der Waals surface area contributed by atoms with Crippen LogP contribution >= 0.6 is 0 Å². The lowest BCUT2D eigenvalue weighted by Gasteiger charge is -2.42. The number of fused-ring (bicyclic) bond motifs is 3. The Labute approximate surface area is 176 Å². The van der Waals surface area contributed by atoms with Crippen LogP contribution in [-0.2, 0) is 9.53 Å². The molecule has 2 aromatic rings. The standard InChI is InChI=1S/C25H25NO4/c27-23(28)25(12-5-13-25)17-10-14-26(15-11-17)24(29)30-16-22-20-8-3-1-6-18(20)19-7-2-4-9-21(19)22/h1-4,6-10,22H,5,11-16H2,(H,27,28). The second-order valence-corrected chi connectivity index (χ2v) is 8.47. The molecule has 0 unspecified atom stereocenters. The lowest BCUT2D eigenvalue weighted by Crippen LogP contribution is -2.44. The molecule has 0 spiro atoms. The van der Waals surface area contributed by atoms with Crippen molar-refractivity contribution < 1.29 is 19.4 Å². The second-order valence-electron chi connectivity index (χ2n) is 8.47. The zero-order chi connectivity index (χ0) is 20.7. The van der Waals surface area contributed by atoms with Crippen molar-refractivity contribution in [2.45, 2.75) is 31.6 Å². The Kier molecular flexibility index (Phi) is 4.61. The van der Waals surface area contributed by atoms with Crippen LogP contribution in [0.3, 0.4) is 0 Å². The van der Waals surface area contributed by atoms with Crippen LogP contribution in [0.2, 0.25) is 0 Å². The average Bonchev–Trinajstić information content (AvgIpc) is 3.05. The Balaban J connectivity index is 1.26. The summed E-state index contributed by atoms with van der Waals surface area (Å²) < 4.78 is 5.73. The summed E-state index contributed by atoms with van der Waals surface area (Å²) in [5, 5.41) is 9.63. The highest BCUT2D eigenvalue weighted by Gasteiger charge is 2.47. The molecule has 1 aliphatic heterocycles. The summed E-state index contributed by atoms with van der Waals surface area (Å²) in [5.74, 6) is -0.683. The van der Waals surface area contributed by atoms with E-state index < -0.39 is 11.4 Å². The van der Waals surface area contributed by atoms with Gasteiger partial charge in [-0.1, -0.05) is 66.6 Å². The lowest BCUT2D eigenvalue weighted by molar-refractivity contribution is -0.151. The number of nitrogens with zero attached hydrogens (tertiary/aromatic N) is 1. The van der Waals surface area contributed by atoms with E-state index in [2.05, 4.69) is 24.3 Å². The van der Waals surface area contributed by atoms with Gasteiger partial charge in [-0.05, 0) is 41.5 Å². The van der Waals surface area contributed by atoms with Crippen molar-refractivity contribution in [3.05, 3.63) is 71.3 Å². The quantitative estimate of drug-likeness (QED) is 0.743. The molecule has 5 nitrogen and oxygen atoms in total. The molecule has 3 aliphatic rings. The van der Waals surface area contributed by atoms with Crippen LogP contribution in [0.15, 0.2) is 60.2 Å². The Bertz CT molecular complexity index is 991. The lowest BCUT2D eigenvalue weighted by atomic mass is 9.62. The van der Waals surface area contributed by atoms with Crippen LogP contribution in [0, 0.1) is 5.41 Å². The number of hydrogen-bond donors (Lipinski definition) is 1. The van der Waals surface area contributed by atoms with Gasteiger partial charge in [-0.15, -0.1) is 0 Å². The number of aliphatic carboxylic acids is 1. The summed E-state index contributed by atoms with van der Waals surface area (Å²) in [6.07, 6.45) is 4.58. The van der Waals surface area contributed by atoms with Crippen molar-refractivity contribution in [1.82, 2.24) is 4.90 Å². The molecule has 1 fully saturated rings. The number of benzene rings is 2. The maximum atomic E-state index is 12.7. The number of carboxylic acids is 1. The number of rotatable bonds is 4. The highest BCUT2D eigenvalue weighted by Crippen LogP contribution is 2.49. The summed E-state index contributed by atoms with van der Waals surface area (Å²) in [6.45, 7) is 1.23. The second kappa shape index (κ2) is 7.31. The molecular weight excluding hydrogens is 378 g/mol. The van der Waals surface area contributed by atoms with Crippen molar-refractivity contribution in [1.29, 1.82) is 0 Å². The van der Waals surface area contributed by atoms with E-state index in [9.17, 15) is 14.7 Å². The molecule has 1 N–H and O–H groups in total. The highest BCUT2D eigenvalue weighted by atomic mass is 16.6. The first-order valence-electron chi connectivity index (χ1n) is 10.6. The molecule has 2 aromatic carbocycles. The highest BCUT2D eigenvalue weighted by molar-refractivity contribution is 5.80. The largest absolute Gasteiger partial charge is 0.481 e. The van der Waals surface area contributed by atoms with Crippen molar-refractivity contribution in [2.24, 2.45) is 5.41 Å². The molecule has 0 bridgehead atoms. The topological polar surface area (TPSA) is 66.8 Å². The third kappa shape index (κ3) is 2.92. The number of amides is 1. The summed E-state index contributed by atoms with van der Waals surface area (Å²) >= 11 is 0. The first-order valence-corrected chi connectivity index (χ1v) is 10.6. The van der Waals surface area contributed by atoms with E-state index in [1.165, 1.54) is 22.3 Å². The van der Waals surface area contributed by atoms with Gasteiger partial charge in [0.25, 0.3) is 0 Å². The molecule has 0 radical (unpaired) electrons. The molecule has 5 rings (SSSR count). The molecule has 1 heterocycles. The Morgan fingerprint density at radius 2 is 1.67 bits per heavy atom. The number of carboxylic acid groups (broad SMARTS) is 1. The molecule has 0 saturated heterocycles. The summed E-state index contributed by atoms with van der Waals surface area (Å²) in [5.41, 5.74) is 5.09. The smallest absolute Gasteiger partial charge is 0.410 e. The predicted molar refractivity (Wildman–Crippen MR) is 113 cm³/mol. The van der Waals surface area contributed by atoms with Crippen LogP contribution in [0.5, 0.6) is 0 Å². The van der Waals surface area contributed by atoms with E-state index in [-0.39, 0.29) is 12.0 Å². The van der Waals surface area contributed by atoms with Gasteiger partial charge in [0.2, 0.25) is 0 Å². The van der Waals surface area contributed by atoms with E-state index in [0.29, 0.717) is 39.0 Å². The molecule has 1 saturated carbocycles. The van der Waals surface area contributed by atoms with Gasteiger partial charge in [-0.3, -0.25) is 4.79 Å². The number of carbonyl (C=O) groups excluding carboxylic acids is 1. The van der Waals surface area contributed by atoms with Crippen molar-refractivity contribution >= 4 is 12.1 Å². The summed E-state index contributed by atoms with van der Waals surface area (Å²) in [6, 6.07) is 16.6.